The van der Waals surface area contributed by atoms with Crippen LogP contribution in [0, 0.1) is 0 Å². The molecule has 0 radical (unpaired) electrons. The second-order valence-corrected chi connectivity index (χ2v) is 5.81. The molecule has 8 nitrogen and oxygen atoms in total. The van der Waals surface area contributed by atoms with Crippen molar-refractivity contribution < 1.29 is 13.5 Å². The Bertz CT molecular complexity index is 625. The van der Waals surface area contributed by atoms with Gasteiger partial charge in [-0.25, -0.2) is 23.1 Å². The highest BCUT2D eigenvalue weighted by molar-refractivity contribution is 7.89. The van der Waals surface area contributed by atoms with Gasteiger partial charge in [-0.3, -0.25) is 5.10 Å². The van der Waals surface area contributed by atoms with Gasteiger partial charge in [-0.05, 0) is 18.1 Å². The fourth-order valence-electron chi connectivity index (χ4n) is 1.55. The predicted molar refractivity (Wildman–Crippen MR) is 70.1 cm³/mol. The van der Waals surface area contributed by atoms with Crippen LogP contribution < -0.4 is 4.72 Å². The Labute approximate surface area is 116 Å². The molecule has 0 aliphatic rings. The van der Waals surface area contributed by atoms with Gasteiger partial charge in [-0.15, -0.1) is 0 Å². The number of nitrogens with zero attached hydrogens (tertiary/aromatic N) is 3. The predicted octanol–water partition coefficient (Wildman–Crippen LogP) is -0.397. The standard InChI is InChI=1S/C11H15N5O3S/c17-7-9-3-4-11(12-6-9)20(18,19)15-5-1-2-10-13-8-14-16-10/h3-4,6,8,15,17H,1-2,5,7H2,(H,13,14,16). The van der Waals surface area contributed by atoms with E-state index in [4.69, 9.17) is 5.11 Å². The van der Waals surface area contributed by atoms with E-state index in [1.165, 1.54) is 24.7 Å². The largest absolute Gasteiger partial charge is 0.392 e. The van der Waals surface area contributed by atoms with Gasteiger partial charge in [-0.2, -0.15) is 5.10 Å². The minimum atomic E-state index is -3.62. The van der Waals surface area contributed by atoms with Crippen molar-refractivity contribution in [2.75, 3.05) is 6.54 Å². The van der Waals surface area contributed by atoms with Crippen molar-refractivity contribution in [2.24, 2.45) is 0 Å². The summed E-state index contributed by atoms with van der Waals surface area (Å²) in [6, 6.07) is 2.89. The molecule has 0 aliphatic carbocycles. The van der Waals surface area contributed by atoms with Gasteiger partial charge in [0.25, 0.3) is 10.0 Å². The van der Waals surface area contributed by atoms with Crippen LogP contribution in [0.2, 0.25) is 0 Å². The molecule has 0 saturated carbocycles. The Hall–Kier alpha value is -1.84. The van der Waals surface area contributed by atoms with Gasteiger partial charge in [0.1, 0.15) is 12.2 Å². The lowest BCUT2D eigenvalue weighted by Gasteiger charge is -2.05. The number of nitrogens with one attached hydrogen (secondary N) is 2. The minimum absolute atomic E-state index is 0.0608. The number of aliphatic hydroxyl groups is 1. The van der Waals surface area contributed by atoms with Gasteiger partial charge in [0.05, 0.1) is 6.61 Å². The highest BCUT2D eigenvalue weighted by Gasteiger charge is 2.14. The van der Waals surface area contributed by atoms with Crippen molar-refractivity contribution in [3.63, 3.8) is 0 Å². The van der Waals surface area contributed by atoms with Crippen LogP contribution in [-0.4, -0.2) is 40.2 Å². The van der Waals surface area contributed by atoms with E-state index in [0.717, 1.165) is 5.82 Å². The molecule has 2 heterocycles. The molecule has 0 amide bonds. The van der Waals surface area contributed by atoms with E-state index in [9.17, 15) is 8.42 Å². The molecule has 108 valence electrons. The third kappa shape index (κ3) is 3.83. The van der Waals surface area contributed by atoms with Gasteiger partial charge in [0.2, 0.25) is 0 Å². The highest BCUT2D eigenvalue weighted by atomic mass is 32.2. The molecular weight excluding hydrogens is 282 g/mol. The first kappa shape index (κ1) is 14.6. The van der Waals surface area contributed by atoms with E-state index >= 15 is 0 Å². The summed E-state index contributed by atoms with van der Waals surface area (Å²) in [5.74, 6) is 0.717. The molecule has 0 aromatic carbocycles. The van der Waals surface area contributed by atoms with E-state index in [2.05, 4.69) is 24.9 Å². The van der Waals surface area contributed by atoms with E-state index in [1.54, 1.807) is 0 Å². The number of aliphatic hydroxyl groups excluding tert-OH is 1. The lowest BCUT2D eigenvalue weighted by Crippen LogP contribution is -2.26. The zero-order valence-electron chi connectivity index (χ0n) is 10.7. The molecule has 0 spiro atoms. The third-order valence-corrected chi connectivity index (χ3v) is 3.98. The molecule has 0 fully saturated rings. The normalized spacial score (nSPS) is 11.7. The fraction of sp³-hybridized carbons (Fsp3) is 0.364. The quantitative estimate of drug-likeness (QED) is 0.598. The topological polar surface area (TPSA) is 121 Å². The molecule has 2 rings (SSSR count). The van der Waals surface area contributed by atoms with Crippen molar-refractivity contribution >= 4 is 10.0 Å². The van der Waals surface area contributed by atoms with Crippen LogP contribution in [0.15, 0.2) is 29.7 Å². The second-order valence-electron chi connectivity index (χ2n) is 4.10. The number of aromatic amines is 1. The first-order valence-corrected chi connectivity index (χ1v) is 7.50. The highest BCUT2D eigenvalue weighted by Crippen LogP contribution is 2.06. The Morgan fingerprint density at radius 1 is 1.30 bits per heavy atom. The number of sulfonamides is 1. The Morgan fingerprint density at radius 3 is 2.75 bits per heavy atom. The summed E-state index contributed by atoms with van der Waals surface area (Å²) in [6.45, 7) is 0.115. The van der Waals surface area contributed by atoms with Crippen LogP contribution in [0.3, 0.4) is 0 Å². The first-order valence-electron chi connectivity index (χ1n) is 6.01. The molecule has 0 bridgehead atoms. The van der Waals surface area contributed by atoms with Crippen LogP contribution >= 0.6 is 0 Å². The number of aromatic nitrogens is 4. The Kier molecular flexibility index (Phi) is 4.77. The van der Waals surface area contributed by atoms with Crippen molar-refractivity contribution in [2.45, 2.75) is 24.5 Å². The summed E-state index contributed by atoms with van der Waals surface area (Å²) in [5.41, 5.74) is 0.564. The molecule has 2 aromatic rings. The molecular formula is C11H15N5O3S. The first-order chi connectivity index (χ1) is 9.62. The number of pyridine rings is 1. The summed E-state index contributed by atoms with van der Waals surface area (Å²) in [6.07, 6.45) is 3.96. The Balaban J connectivity index is 1.86. The maximum Gasteiger partial charge on any atom is 0.258 e. The molecule has 0 saturated heterocycles. The monoisotopic (exact) mass is 297 g/mol. The van der Waals surface area contributed by atoms with Gasteiger partial charge in [0.15, 0.2) is 5.03 Å². The smallest absolute Gasteiger partial charge is 0.258 e. The number of aryl methyl sites for hydroxylation is 1. The molecule has 0 unspecified atom stereocenters. The van der Waals surface area contributed by atoms with Gasteiger partial charge < -0.3 is 5.11 Å². The van der Waals surface area contributed by atoms with Gasteiger partial charge in [-0.1, -0.05) is 6.07 Å². The van der Waals surface area contributed by atoms with E-state index in [-0.39, 0.29) is 18.2 Å². The molecule has 0 atom stereocenters. The maximum atomic E-state index is 11.9. The van der Waals surface area contributed by atoms with Crippen molar-refractivity contribution in [1.29, 1.82) is 0 Å². The van der Waals surface area contributed by atoms with E-state index in [0.29, 0.717) is 18.4 Å². The Morgan fingerprint density at radius 2 is 2.15 bits per heavy atom. The summed E-state index contributed by atoms with van der Waals surface area (Å²) < 4.78 is 26.3. The van der Waals surface area contributed by atoms with Crippen LogP contribution in [0.5, 0.6) is 0 Å². The second kappa shape index (κ2) is 6.55. The SMILES string of the molecule is O=S(=O)(NCCCc1ncn[nH]1)c1ccc(CO)cn1. The zero-order valence-corrected chi connectivity index (χ0v) is 11.5. The average molecular weight is 297 g/mol. The summed E-state index contributed by atoms with van der Waals surface area (Å²) in [7, 11) is -3.62. The molecule has 3 N–H and O–H groups in total. The van der Waals surface area contributed by atoms with Crippen LogP contribution in [-0.2, 0) is 23.1 Å². The maximum absolute atomic E-state index is 11.9. The lowest BCUT2D eigenvalue weighted by atomic mass is 10.3. The number of rotatable bonds is 7. The summed E-state index contributed by atoms with van der Waals surface area (Å²) >= 11 is 0. The molecule has 20 heavy (non-hydrogen) atoms. The van der Waals surface area contributed by atoms with Crippen molar-refractivity contribution in [3.05, 3.63) is 36.0 Å². The number of hydrogen-bond acceptors (Lipinski definition) is 6. The molecule has 9 heteroatoms. The van der Waals surface area contributed by atoms with E-state index < -0.39 is 10.0 Å². The fourth-order valence-corrected chi connectivity index (χ4v) is 2.55. The van der Waals surface area contributed by atoms with Gasteiger partial charge in [0, 0.05) is 19.2 Å². The van der Waals surface area contributed by atoms with E-state index in [1.807, 2.05) is 0 Å². The van der Waals surface area contributed by atoms with Gasteiger partial charge >= 0.3 is 0 Å². The minimum Gasteiger partial charge on any atom is -0.392 e. The van der Waals surface area contributed by atoms with Crippen LogP contribution in [0.4, 0.5) is 0 Å². The van der Waals surface area contributed by atoms with Crippen molar-refractivity contribution in [1.82, 2.24) is 24.9 Å². The van der Waals surface area contributed by atoms with Crippen molar-refractivity contribution in [3.8, 4) is 0 Å². The summed E-state index contributed by atoms with van der Waals surface area (Å²) in [4.78, 5) is 7.76. The number of hydrogen-bond donors (Lipinski definition) is 3. The average Bonchev–Trinajstić information content (AvgIpc) is 2.97. The third-order valence-electron chi connectivity index (χ3n) is 2.60. The van der Waals surface area contributed by atoms with Crippen LogP contribution in [0.25, 0.3) is 0 Å². The molecule has 0 aliphatic heterocycles. The summed E-state index contributed by atoms with van der Waals surface area (Å²) in [5, 5.41) is 15.2. The zero-order chi connectivity index (χ0) is 14.4. The molecule has 2 aromatic heterocycles. The lowest BCUT2D eigenvalue weighted by molar-refractivity contribution is 0.281. The number of H-pyrrole nitrogens is 1. The van der Waals surface area contributed by atoms with Crippen LogP contribution in [0.1, 0.15) is 17.8 Å².